The number of rotatable bonds is 10. The molecule has 0 bridgehead atoms. The lowest BCUT2D eigenvalue weighted by atomic mass is 10.1. The van der Waals surface area contributed by atoms with Crippen LogP contribution >= 0.6 is 27.5 Å². The molecule has 0 saturated carbocycles. The van der Waals surface area contributed by atoms with Crippen LogP contribution in [0, 0.1) is 0 Å². The predicted octanol–water partition coefficient (Wildman–Crippen LogP) is 6.29. The Morgan fingerprint density at radius 2 is 1.97 bits per heavy atom. The number of amides is 1. The Balaban J connectivity index is 1.58. The van der Waals surface area contributed by atoms with Crippen LogP contribution in [0.5, 0.6) is 11.5 Å². The molecular formula is C26H23BrClN5O3. The number of ether oxygens (including phenoxy) is 2. The van der Waals surface area contributed by atoms with E-state index in [1.165, 1.54) is 12.4 Å². The van der Waals surface area contributed by atoms with E-state index >= 15 is 0 Å². The van der Waals surface area contributed by atoms with E-state index in [-0.39, 0.29) is 5.91 Å². The van der Waals surface area contributed by atoms with Gasteiger partial charge in [-0.3, -0.25) is 9.78 Å². The molecule has 4 rings (SSSR count). The molecule has 2 aromatic heterocycles. The van der Waals surface area contributed by atoms with Crippen molar-refractivity contribution in [3.63, 3.8) is 0 Å². The normalized spacial score (nSPS) is 11.0. The lowest BCUT2D eigenvalue weighted by Crippen LogP contribution is -2.10. The third kappa shape index (κ3) is 6.50. The zero-order chi connectivity index (χ0) is 25.3. The van der Waals surface area contributed by atoms with Crippen LogP contribution in [0.2, 0.25) is 5.02 Å². The van der Waals surface area contributed by atoms with E-state index in [2.05, 4.69) is 41.5 Å². The summed E-state index contributed by atoms with van der Waals surface area (Å²) >= 11 is 9.74. The van der Waals surface area contributed by atoms with Gasteiger partial charge in [0.05, 0.1) is 28.5 Å². The molecule has 0 unspecified atom stereocenters. The monoisotopic (exact) mass is 567 g/mol. The average Bonchev–Trinajstić information content (AvgIpc) is 2.88. The van der Waals surface area contributed by atoms with E-state index in [1.807, 2.05) is 31.2 Å². The van der Waals surface area contributed by atoms with Gasteiger partial charge in [0.1, 0.15) is 30.3 Å². The first-order valence-electron chi connectivity index (χ1n) is 11.1. The number of allylic oxidation sites excluding steroid dienone is 1. The van der Waals surface area contributed by atoms with Gasteiger partial charge in [-0.15, -0.1) is 0 Å². The number of nitrogens with zero attached hydrogens (tertiary/aromatic N) is 3. The van der Waals surface area contributed by atoms with E-state index in [1.54, 1.807) is 36.5 Å². The number of anilines is 3. The van der Waals surface area contributed by atoms with Gasteiger partial charge in [0.2, 0.25) is 5.91 Å². The Bertz CT molecular complexity index is 1390. The van der Waals surface area contributed by atoms with Gasteiger partial charge in [-0.05, 0) is 43.3 Å². The number of nitrogens with one attached hydrogen (secondary N) is 2. The van der Waals surface area contributed by atoms with Crippen molar-refractivity contribution in [1.29, 1.82) is 0 Å². The minimum absolute atomic E-state index is 0.269. The molecule has 0 atom stereocenters. The number of fused-ring (bicyclic) bond motifs is 1. The minimum atomic E-state index is -0.269. The largest absolute Gasteiger partial charge is 0.492 e. The van der Waals surface area contributed by atoms with Crippen LogP contribution in [0.25, 0.3) is 10.9 Å². The van der Waals surface area contributed by atoms with Gasteiger partial charge in [0, 0.05) is 34.7 Å². The first kappa shape index (κ1) is 25.4. The van der Waals surface area contributed by atoms with Crippen molar-refractivity contribution >= 4 is 61.5 Å². The second kappa shape index (κ2) is 12.3. The number of carbonyl (C=O) groups excluding carboxylic acids is 1. The lowest BCUT2D eigenvalue weighted by Gasteiger charge is -2.15. The third-order valence-electron chi connectivity index (χ3n) is 4.95. The van der Waals surface area contributed by atoms with Crippen LogP contribution in [0.3, 0.4) is 0 Å². The molecule has 0 spiro atoms. The quantitative estimate of drug-likeness (QED) is 0.171. The van der Waals surface area contributed by atoms with Crippen LogP contribution < -0.4 is 20.1 Å². The molecule has 2 aromatic carbocycles. The summed E-state index contributed by atoms with van der Waals surface area (Å²) in [6.07, 6.45) is 6.34. The van der Waals surface area contributed by atoms with Crippen molar-refractivity contribution in [2.75, 3.05) is 22.6 Å². The van der Waals surface area contributed by atoms with E-state index in [9.17, 15) is 4.79 Å². The smallest absolute Gasteiger partial charge is 0.248 e. The van der Waals surface area contributed by atoms with Crippen LogP contribution in [-0.4, -0.2) is 32.8 Å². The van der Waals surface area contributed by atoms with Crippen LogP contribution in [0.1, 0.15) is 12.6 Å². The molecule has 0 aliphatic rings. The fourth-order valence-electron chi connectivity index (χ4n) is 3.35. The van der Waals surface area contributed by atoms with Gasteiger partial charge in [-0.1, -0.05) is 39.7 Å². The number of hydrogen-bond donors (Lipinski definition) is 2. The van der Waals surface area contributed by atoms with Crippen LogP contribution in [0.4, 0.5) is 17.2 Å². The fraction of sp³-hybridized carbons (Fsp3) is 0.154. The van der Waals surface area contributed by atoms with Gasteiger partial charge < -0.3 is 20.1 Å². The zero-order valence-corrected chi connectivity index (χ0v) is 21.7. The minimum Gasteiger partial charge on any atom is -0.492 e. The Morgan fingerprint density at radius 3 is 2.72 bits per heavy atom. The molecule has 1 amide bonds. The zero-order valence-electron chi connectivity index (χ0n) is 19.4. The van der Waals surface area contributed by atoms with Crippen molar-refractivity contribution < 1.29 is 14.3 Å². The maximum atomic E-state index is 12.3. The molecule has 4 aromatic rings. The number of aromatic nitrogens is 3. The Morgan fingerprint density at radius 1 is 1.08 bits per heavy atom. The van der Waals surface area contributed by atoms with E-state index in [0.29, 0.717) is 63.2 Å². The van der Waals surface area contributed by atoms with Gasteiger partial charge in [0.15, 0.2) is 0 Å². The Hall–Kier alpha value is -3.69. The molecule has 0 aliphatic heterocycles. The highest BCUT2D eigenvalue weighted by atomic mass is 79.9. The number of benzene rings is 2. The molecule has 0 saturated heterocycles. The first-order valence-corrected chi connectivity index (χ1v) is 12.6. The molecular weight excluding hydrogens is 546 g/mol. The average molecular weight is 569 g/mol. The SMILES string of the molecule is CCOc1cc2ncnc(Nc3ccc(OCc4ccccn4)c(Cl)c3)c2cc1NC(=O)/C=C/CBr. The number of alkyl halides is 1. The summed E-state index contributed by atoms with van der Waals surface area (Å²) in [5.41, 5.74) is 2.69. The van der Waals surface area contributed by atoms with Crippen molar-refractivity contribution in [1.82, 2.24) is 15.0 Å². The summed E-state index contributed by atoms with van der Waals surface area (Å²) < 4.78 is 11.5. The molecule has 0 aliphatic carbocycles. The maximum Gasteiger partial charge on any atom is 0.248 e. The standard InChI is InChI=1S/C26H23BrClN5O3/c1-2-35-24-14-21-19(13-22(24)33-25(34)7-5-10-27)26(31-16-30-21)32-17-8-9-23(20(28)12-17)36-15-18-6-3-4-11-29-18/h3-9,11-14,16H,2,10,15H2,1H3,(H,33,34)(H,30,31,32)/b7-5+. The maximum absolute atomic E-state index is 12.3. The molecule has 0 radical (unpaired) electrons. The first-order chi connectivity index (χ1) is 17.6. The number of hydrogen-bond acceptors (Lipinski definition) is 7. The van der Waals surface area contributed by atoms with Gasteiger partial charge in [-0.25, -0.2) is 9.97 Å². The molecule has 2 N–H and O–H groups in total. The molecule has 184 valence electrons. The second-order valence-electron chi connectivity index (χ2n) is 7.45. The highest BCUT2D eigenvalue weighted by Gasteiger charge is 2.13. The summed E-state index contributed by atoms with van der Waals surface area (Å²) in [5.74, 6) is 1.35. The van der Waals surface area contributed by atoms with E-state index in [0.717, 1.165) is 5.69 Å². The molecule has 0 fully saturated rings. The van der Waals surface area contributed by atoms with Gasteiger partial charge in [0.25, 0.3) is 0 Å². The summed E-state index contributed by atoms with van der Waals surface area (Å²) in [4.78, 5) is 25.3. The highest BCUT2D eigenvalue weighted by molar-refractivity contribution is 9.09. The summed E-state index contributed by atoms with van der Waals surface area (Å²) in [6.45, 7) is 2.63. The van der Waals surface area contributed by atoms with Crippen molar-refractivity contribution in [3.8, 4) is 11.5 Å². The van der Waals surface area contributed by atoms with Crippen LogP contribution in [-0.2, 0) is 11.4 Å². The highest BCUT2D eigenvalue weighted by Crippen LogP contribution is 2.35. The number of halogens is 2. The van der Waals surface area contributed by atoms with Gasteiger partial charge in [-0.2, -0.15) is 0 Å². The fourth-order valence-corrected chi connectivity index (χ4v) is 3.77. The summed E-state index contributed by atoms with van der Waals surface area (Å²) in [7, 11) is 0. The van der Waals surface area contributed by atoms with E-state index in [4.69, 9.17) is 21.1 Å². The van der Waals surface area contributed by atoms with E-state index < -0.39 is 0 Å². The van der Waals surface area contributed by atoms with Gasteiger partial charge >= 0.3 is 0 Å². The van der Waals surface area contributed by atoms with Crippen molar-refractivity contribution in [2.45, 2.75) is 13.5 Å². The number of carbonyl (C=O) groups is 1. The molecule has 8 nitrogen and oxygen atoms in total. The van der Waals surface area contributed by atoms with Crippen LogP contribution in [0.15, 0.2) is 73.2 Å². The summed E-state index contributed by atoms with van der Waals surface area (Å²) in [5, 5.41) is 7.86. The summed E-state index contributed by atoms with van der Waals surface area (Å²) in [6, 6.07) is 14.6. The molecule has 2 heterocycles. The number of pyridine rings is 1. The molecule has 36 heavy (non-hydrogen) atoms. The topological polar surface area (TPSA) is 98.3 Å². The molecule has 10 heteroatoms. The van der Waals surface area contributed by atoms with Crippen molar-refractivity contribution in [2.24, 2.45) is 0 Å². The predicted molar refractivity (Wildman–Crippen MR) is 146 cm³/mol. The Kier molecular flexibility index (Phi) is 8.70. The lowest BCUT2D eigenvalue weighted by molar-refractivity contribution is -0.111. The second-order valence-corrected chi connectivity index (χ2v) is 8.50. The van der Waals surface area contributed by atoms with Crippen molar-refractivity contribution in [3.05, 3.63) is 83.9 Å². The Labute approximate surface area is 221 Å². The third-order valence-corrected chi connectivity index (χ3v) is 5.62.